The molecule has 9 heteroatoms. The molecule has 0 amide bonds. The number of hydrogen-bond acceptors (Lipinski definition) is 6. The van der Waals surface area contributed by atoms with Gasteiger partial charge in [-0.3, -0.25) is 9.97 Å². The number of sulfonamides is 1. The van der Waals surface area contributed by atoms with Gasteiger partial charge in [0.05, 0.1) is 29.9 Å². The van der Waals surface area contributed by atoms with Crippen LogP contribution >= 0.6 is 0 Å². The zero-order chi connectivity index (χ0) is 24.7. The Hall–Kier alpha value is -3.79. The summed E-state index contributed by atoms with van der Waals surface area (Å²) < 4.78 is 35.8. The van der Waals surface area contributed by atoms with Crippen LogP contribution in [-0.4, -0.2) is 53.6 Å². The van der Waals surface area contributed by atoms with Crippen molar-refractivity contribution in [3.05, 3.63) is 79.3 Å². The minimum absolute atomic E-state index is 0.234. The molecule has 3 heterocycles. The van der Waals surface area contributed by atoms with Crippen molar-refractivity contribution in [1.82, 2.24) is 18.8 Å². The third-order valence-electron chi connectivity index (χ3n) is 6.53. The lowest BCUT2D eigenvalue weighted by molar-refractivity contribution is 0.0730. The molecule has 8 nitrogen and oxygen atoms in total. The predicted octanol–water partition coefficient (Wildman–Crippen LogP) is 4.55. The Kier molecular flexibility index (Phi) is 5.67. The van der Waals surface area contributed by atoms with Gasteiger partial charge in [-0.15, -0.1) is 0 Å². The van der Waals surface area contributed by atoms with Crippen LogP contribution < -0.4 is 5.32 Å². The highest BCUT2D eigenvalue weighted by molar-refractivity contribution is 7.89. The number of aromatic nitrogens is 3. The standard InChI is InChI=1S/C27H25N5O3S/c1-31-11-8-19-6-7-20(16-25(19)31)22-17-21(18-24-27(22)29-10-9-28-24)30-23-4-2-3-5-26(23)36(33,34)32-12-14-35-15-13-32/h2-11,16-18,30H,12-15H2,1H3. The van der Waals surface area contributed by atoms with Crippen LogP contribution in [0.3, 0.4) is 0 Å². The molecule has 1 N–H and O–H groups in total. The van der Waals surface area contributed by atoms with Gasteiger partial charge in [-0.25, -0.2) is 8.42 Å². The number of aryl methyl sites for hydroxylation is 1. The van der Waals surface area contributed by atoms with E-state index in [0.717, 1.165) is 38.8 Å². The first-order valence-electron chi connectivity index (χ1n) is 11.7. The topological polar surface area (TPSA) is 89.4 Å². The first-order valence-corrected chi connectivity index (χ1v) is 13.2. The lowest BCUT2D eigenvalue weighted by Crippen LogP contribution is -2.40. The maximum atomic E-state index is 13.4. The fraction of sp³-hybridized carbons (Fsp3) is 0.185. The number of morpholine rings is 1. The number of anilines is 2. The molecule has 36 heavy (non-hydrogen) atoms. The van der Waals surface area contributed by atoms with Crippen LogP contribution in [0.15, 0.2) is 84.1 Å². The largest absolute Gasteiger partial charge is 0.379 e. The van der Waals surface area contributed by atoms with E-state index in [2.05, 4.69) is 44.1 Å². The number of benzene rings is 3. The maximum Gasteiger partial charge on any atom is 0.245 e. The zero-order valence-corrected chi connectivity index (χ0v) is 20.6. The van der Waals surface area contributed by atoms with Crippen molar-refractivity contribution in [1.29, 1.82) is 0 Å². The first kappa shape index (κ1) is 22.7. The van der Waals surface area contributed by atoms with Crippen LogP contribution in [0.2, 0.25) is 0 Å². The Morgan fingerprint density at radius 1 is 0.944 bits per heavy atom. The van der Waals surface area contributed by atoms with E-state index < -0.39 is 10.0 Å². The van der Waals surface area contributed by atoms with Crippen molar-refractivity contribution in [2.45, 2.75) is 4.90 Å². The van der Waals surface area contributed by atoms with E-state index in [-0.39, 0.29) is 4.90 Å². The van der Waals surface area contributed by atoms with Gasteiger partial charge in [-0.2, -0.15) is 4.31 Å². The molecular formula is C27H25N5O3S. The fourth-order valence-corrected chi connectivity index (χ4v) is 6.23. The molecule has 1 fully saturated rings. The molecule has 2 aromatic heterocycles. The highest BCUT2D eigenvalue weighted by atomic mass is 32.2. The molecule has 0 atom stereocenters. The number of nitrogens with zero attached hydrogens (tertiary/aromatic N) is 4. The summed E-state index contributed by atoms with van der Waals surface area (Å²) in [6.07, 6.45) is 5.38. The van der Waals surface area contributed by atoms with Gasteiger partial charge in [-0.05, 0) is 47.3 Å². The van der Waals surface area contributed by atoms with Gasteiger partial charge in [0.25, 0.3) is 0 Å². The van der Waals surface area contributed by atoms with Crippen molar-refractivity contribution in [3.8, 4) is 11.1 Å². The molecule has 0 aliphatic carbocycles. The average molecular weight is 500 g/mol. The molecule has 0 saturated carbocycles. The van der Waals surface area contributed by atoms with E-state index in [0.29, 0.717) is 32.0 Å². The van der Waals surface area contributed by atoms with Gasteiger partial charge in [0.2, 0.25) is 10.0 Å². The highest BCUT2D eigenvalue weighted by Crippen LogP contribution is 2.34. The molecule has 1 aliphatic rings. The smallest absolute Gasteiger partial charge is 0.245 e. The average Bonchev–Trinajstić information content (AvgIpc) is 3.29. The monoisotopic (exact) mass is 499 g/mol. The predicted molar refractivity (Wildman–Crippen MR) is 141 cm³/mol. The Bertz CT molecular complexity index is 1690. The van der Waals surface area contributed by atoms with E-state index in [9.17, 15) is 8.42 Å². The molecule has 5 aromatic rings. The number of ether oxygens (including phenoxy) is 1. The second-order valence-corrected chi connectivity index (χ2v) is 10.7. The lowest BCUT2D eigenvalue weighted by Gasteiger charge is -2.27. The van der Waals surface area contributed by atoms with Crippen molar-refractivity contribution in [3.63, 3.8) is 0 Å². The second kappa shape index (κ2) is 9.02. The third-order valence-corrected chi connectivity index (χ3v) is 8.48. The van der Waals surface area contributed by atoms with E-state index in [1.807, 2.05) is 31.4 Å². The van der Waals surface area contributed by atoms with Crippen LogP contribution in [0.4, 0.5) is 11.4 Å². The minimum atomic E-state index is -3.68. The molecule has 1 aliphatic heterocycles. The zero-order valence-electron chi connectivity index (χ0n) is 19.8. The van der Waals surface area contributed by atoms with E-state index in [4.69, 9.17) is 4.74 Å². The molecule has 0 bridgehead atoms. The lowest BCUT2D eigenvalue weighted by atomic mass is 10.0. The molecule has 0 spiro atoms. The molecule has 3 aromatic carbocycles. The van der Waals surface area contributed by atoms with Gasteiger partial charge >= 0.3 is 0 Å². The van der Waals surface area contributed by atoms with Crippen LogP contribution in [0.25, 0.3) is 33.1 Å². The summed E-state index contributed by atoms with van der Waals surface area (Å²) in [5, 5.41) is 4.51. The number of para-hydroxylation sites is 1. The second-order valence-electron chi connectivity index (χ2n) is 8.79. The highest BCUT2D eigenvalue weighted by Gasteiger charge is 2.28. The summed E-state index contributed by atoms with van der Waals surface area (Å²) in [7, 11) is -1.66. The summed E-state index contributed by atoms with van der Waals surface area (Å²) in [5.41, 5.74) is 5.78. The Labute approximate surface area is 209 Å². The van der Waals surface area contributed by atoms with Crippen LogP contribution in [0.1, 0.15) is 0 Å². The Morgan fingerprint density at radius 3 is 2.61 bits per heavy atom. The van der Waals surface area contributed by atoms with E-state index in [1.165, 1.54) is 4.31 Å². The number of fused-ring (bicyclic) bond motifs is 2. The van der Waals surface area contributed by atoms with Gasteiger partial charge in [0.1, 0.15) is 4.90 Å². The molecule has 6 rings (SSSR count). The van der Waals surface area contributed by atoms with Crippen molar-refractivity contribution in [2.24, 2.45) is 7.05 Å². The quantitative estimate of drug-likeness (QED) is 0.382. The number of nitrogens with one attached hydrogen (secondary N) is 1. The maximum absolute atomic E-state index is 13.4. The summed E-state index contributed by atoms with van der Waals surface area (Å²) in [4.78, 5) is 9.37. The Balaban J connectivity index is 1.45. The number of rotatable bonds is 5. The van der Waals surface area contributed by atoms with E-state index in [1.54, 1.807) is 30.6 Å². The first-order chi connectivity index (χ1) is 17.5. The Morgan fingerprint density at radius 2 is 1.75 bits per heavy atom. The summed E-state index contributed by atoms with van der Waals surface area (Å²) in [5.74, 6) is 0. The summed E-state index contributed by atoms with van der Waals surface area (Å²) in [6.45, 7) is 1.47. The number of hydrogen-bond donors (Lipinski definition) is 1. The van der Waals surface area contributed by atoms with Gasteiger partial charge in [0, 0.05) is 55.5 Å². The van der Waals surface area contributed by atoms with Gasteiger partial charge in [-0.1, -0.05) is 24.3 Å². The summed E-state index contributed by atoms with van der Waals surface area (Å²) in [6, 6.07) is 19.3. The van der Waals surface area contributed by atoms with Crippen LogP contribution in [0, 0.1) is 0 Å². The van der Waals surface area contributed by atoms with E-state index >= 15 is 0 Å². The molecule has 0 unspecified atom stereocenters. The fourth-order valence-electron chi connectivity index (χ4n) is 4.67. The minimum Gasteiger partial charge on any atom is -0.379 e. The molecular weight excluding hydrogens is 474 g/mol. The van der Waals surface area contributed by atoms with Crippen molar-refractivity contribution < 1.29 is 13.2 Å². The van der Waals surface area contributed by atoms with Gasteiger partial charge < -0.3 is 14.6 Å². The van der Waals surface area contributed by atoms with Gasteiger partial charge in [0.15, 0.2) is 0 Å². The SMILES string of the molecule is Cn1ccc2ccc(-c3cc(Nc4ccccc4S(=O)(=O)N4CCOCC4)cc4nccnc34)cc21. The summed E-state index contributed by atoms with van der Waals surface area (Å²) >= 11 is 0. The molecule has 182 valence electrons. The molecule has 0 radical (unpaired) electrons. The van der Waals surface area contributed by atoms with Crippen LogP contribution in [0.5, 0.6) is 0 Å². The van der Waals surface area contributed by atoms with Crippen molar-refractivity contribution >= 4 is 43.3 Å². The normalized spacial score (nSPS) is 14.9. The van der Waals surface area contributed by atoms with Crippen LogP contribution in [-0.2, 0) is 21.8 Å². The molecule has 1 saturated heterocycles. The third kappa shape index (κ3) is 4.01. The van der Waals surface area contributed by atoms with Crippen molar-refractivity contribution in [2.75, 3.05) is 31.6 Å².